The number of aromatic amines is 1. The van der Waals surface area contributed by atoms with Gasteiger partial charge in [0.1, 0.15) is 0 Å². The van der Waals surface area contributed by atoms with Gasteiger partial charge < -0.3 is 10.3 Å². The molecule has 0 aliphatic carbocycles. The summed E-state index contributed by atoms with van der Waals surface area (Å²) in [7, 11) is 0. The molecule has 3 nitrogen and oxygen atoms in total. The number of aryl methyl sites for hydroxylation is 4. The quantitative estimate of drug-likeness (QED) is 0.838. The molecule has 1 heterocycles. The molecule has 21 heavy (non-hydrogen) atoms. The van der Waals surface area contributed by atoms with Crippen LogP contribution in [0.3, 0.4) is 0 Å². The monoisotopic (exact) mass is 284 g/mol. The van der Waals surface area contributed by atoms with Crippen LogP contribution in [0.15, 0.2) is 30.3 Å². The first-order valence-corrected chi connectivity index (χ1v) is 7.58. The third kappa shape index (κ3) is 4.48. The Morgan fingerprint density at radius 2 is 1.81 bits per heavy atom. The van der Waals surface area contributed by atoms with E-state index in [0.29, 0.717) is 13.0 Å². The highest BCUT2D eigenvalue weighted by molar-refractivity contribution is 5.76. The van der Waals surface area contributed by atoms with Gasteiger partial charge in [0, 0.05) is 24.4 Å². The van der Waals surface area contributed by atoms with Crippen LogP contribution in [0.1, 0.15) is 41.4 Å². The molecule has 2 rings (SSSR count). The fourth-order valence-corrected chi connectivity index (χ4v) is 2.45. The predicted molar refractivity (Wildman–Crippen MR) is 86.3 cm³/mol. The Bertz CT molecular complexity index is 596. The zero-order chi connectivity index (χ0) is 15.2. The van der Waals surface area contributed by atoms with Gasteiger partial charge in [0.15, 0.2) is 0 Å². The highest BCUT2D eigenvalue weighted by atomic mass is 16.1. The molecule has 0 spiro atoms. The summed E-state index contributed by atoms with van der Waals surface area (Å²) in [6, 6.07) is 10.6. The Hall–Kier alpha value is -2.03. The average Bonchev–Trinajstić information content (AvgIpc) is 2.81. The van der Waals surface area contributed by atoms with Crippen LogP contribution in [-0.2, 0) is 24.2 Å². The number of carbonyl (C=O) groups is 1. The van der Waals surface area contributed by atoms with Crippen molar-refractivity contribution in [2.24, 2.45) is 0 Å². The molecule has 0 bridgehead atoms. The van der Waals surface area contributed by atoms with Crippen molar-refractivity contribution in [2.75, 3.05) is 0 Å². The molecular weight excluding hydrogens is 260 g/mol. The summed E-state index contributed by atoms with van der Waals surface area (Å²) < 4.78 is 0. The number of amides is 1. The lowest BCUT2D eigenvalue weighted by Gasteiger charge is -2.06. The topological polar surface area (TPSA) is 44.9 Å². The molecule has 0 saturated carbocycles. The van der Waals surface area contributed by atoms with Gasteiger partial charge in [0.25, 0.3) is 0 Å². The SMILES string of the molecule is CCc1ccc(CCC(=O)NCc2cc(C)[nH]c2C)cc1. The molecule has 1 amide bonds. The van der Waals surface area contributed by atoms with Gasteiger partial charge in [-0.15, -0.1) is 0 Å². The van der Waals surface area contributed by atoms with Gasteiger partial charge >= 0.3 is 0 Å². The van der Waals surface area contributed by atoms with Crippen LogP contribution < -0.4 is 5.32 Å². The minimum Gasteiger partial charge on any atom is -0.362 e. The summed E-state index contributed by atoms with van der Waals surface area (Å²) in [4.78, 5) is 15.2. The van der Waals surface area contributed by atoms with E-state index in [1.54, 1.807) is 0 Å². The van der Waals surface area contributed by atoms with Gasteiger partial charge in [-0.3, -0.25) is 4.79 Å². The largest absolute Gasteiger partial charge is 0.362 e. The summed E-state index contributed by atoms with van der Waals surface area (Å²) in [5.41, 5.74) is 5.97. The van der Waals surface area contributed by atoms with Crippen LogP contribution in [0.25, 0.3) is 0 Å². The normalized spacial score (nSPS) is 10.6. The van der Waals surface area contributed by atoms with Crippen molar-refractivity contribution in [2.45, 2.75) is 46.6 Å². The minimum atomic E-state index is 0.104. The molecular formula is C18H24N2O. The van der Waals surface area contributed by atoms with E-state index in [1.165, 1.54) is 11.1 Å². The number of benzene rings is 1. The molecule has 0 radical (unpaired) electrons. The van der Waals surface area contributed by atoms with E-state index in [2.05, 4.69) is 47.6 Å². The Kier molecular flexibility index (Phi) is 5.20. The van der Waals surface area contributed by atoms with Crippen LogP contribution in [0.5, 0.6) is 0 Å². The minimum absolute atomic E-state index is 0.104. The molecule has 0 saturated heterocycles. The lowest BCUT2D eigenvalue weighted by molar-refractivity contribution is -0.121. The molecule has 2 N–H and O–H groups in total. The number of carbonyl (C=O) groups excluding carboxylic acids is 1. The molecule has 0 fully saturated rings. The maximum Gasteiger partial charge on any atom is 0.220 e. The second-order valence-electron chi connectivity index (χ2n) is 5.55. The van der Waals surface area contributed by atoms with Gasteiger partial charge in [-0.05, 0) is 49.4 Å². The molecule has 0 atom stereocenters. The van der Waals surface area contributed by atoms with Gasteiger partial charge in [-0.25, -0.2) is 0 Å². The summed E-state index contributed by atoms with van der Waals surface area (Å²) in [5, 5.41) is 2.99. The van der Waals surface area contributed by atoms with Gasteiger partial charge in [0.2, 0.25) is 5.91 Å². The number of hydrogen-bond donors (Lipinski definition) is 2. The van der Waals surface area contributed by atoms with E-state index >= 15 is 0 Å². The van der Waals surface area contributed by atoms with Crippen molar-refractivity contribution in [1.29, 1.82) is 0 Å². The number of aromatic nitrogens is 1. The lowest BCUT2D eigenvalue weighted by Crippen LogP contribution is -2.23. The first kappa shape index (κ1) is 15.4. The van der Waals surface area contributed by atoms with E-state index < -0.39 is 0 Å². The number of hydrogen-bond acceptors (Lipinski definition) is 1. The first-order chi connectivity index (χ1) is 10.1. The molecule has 1 aromatic heterocycles. The third-order valence-electron chi connectivity index (χ3n) is 3.81. The second kappa shape index (κ2) is 7.11. The van der Waals surface area contributed by atoms with Crippen LogP contribution in [0.4, 0.5) is 0 Å². The van der Waals surface area contributed by atoms with E-state index in [0.717, 1.165) is 29.8 Å². The highest BCUT2D eigenvalue weighted by Gasteiger charge is 2.05. The Morgan fingerprint density at radius 3 is 2.38 bits per heavy atom. The van der Waals surface area contributed by atoms with E-state index in [4.69, 9.17) is 0 Å². The molecule has 112 valence electrons. The van der Waals surface area contributed by atoms with Crippen LogP contribution in [0.2, 0.25) is 0 Å². The molecule has 0 unspecified atom stereocenters. The Labute approximate surface area is 126 Å². The standard InChI is InChI=1S/C18H24N2O/c1-4-15-5-7-16(8-6-15)9-10-18(21)19-12-17-11-13(2)20-14(17)3/h5-8,11,20H,4,9-10,12H2,1-3H3,(H,19,21). The maximum absolute atomic E-state index is 11.9. The molecule has 3 heteroatoms. The summed E-state index contributed by atoms with van der Waals surface area (Å²) in [5.74, 6) is 0.104. The second-order valence-corrected chi connectivity index (χ2v) is 5.55. The van der Waals surface area contributed by atoms with E-state index in [9.17, 15) is 4.79 Å². The fourth-order valence-electron chi connectivity index (χ4n) is 2.45. The molecule has 2 aromatic rings. The van der Waals surface area contributed by atoms with E-state index in [-0.39, 0.29) is 5.91 Å². The van der Waals surface area contributed by atoms with E-state index in [1.807, 2.05) is 13.8 Å². The molecule has 0 aliphatic heterocycles. The van der Waals surface area contributed by atoms with Crippen molar-refractivity contribution in [3.05, 3.63) is 58.4 Å². The lowest BCUT2D eigenvalue weighted by atomic mass is 10.1. The number of H-pyrrole nitrogens is 1. The summed E-state index contributed by atoms with van der Waals surface area (Å²) >= 11 is 0. The van der Waals surface area contributed by atoms with Gasteiger partial charge in [-0.2, -0.15) is 0 Å². The Morgan fingerprint density at radius 1 is 1.14 bits per heavy atom. The molecule has 1 aromatic carbocycles. The average molecular weight is 284 g/mol. The molecule has 0 aliphatic rings. The van der Waals surface area contributed by atoms with Crippen molar-refractivity contribution in [3.63, 3.8) is 0 Å². The number of rotatable bonds is 6. The zero-order valence-electron chi connectivity index (χ0n) is 13.1. The predicted octanol–water partition coefficient (Wildman–Crippen LogP) is 3.44. The number of nitrogens with one attached hydrogen (secondary N) is 2. The van der Waals surface area contributed by atoms with Crippen LogP contribution in [-0.4, -0.2) is 10.9 Å². The van der Waals surface area contributed by atoms with Crippen LogP contribution >= 0.6 is 0 Å². The van der Waals surface area contributed by atoms with Gasteiger partial charge in [0.05, 0.1) is 0 Å². The smallest absolute Gasteiger partial charge is 0.220 e. The maximum atomic E-state index is 11.9. The van der Waals surface area contributed by atoms with Crippen LogP contribution in [0, 0.1) is 13.8 Å². The van der Waals surface area contributed by atoms with Crippen molar-refractivity contribution >= 4 is 5.91 Å². The first-order valence-electron chi connectivity index (χ1n) is 7.58. The van der Waals surface area contributed by atoms with Gasteiger partial charge in [-0.1, -0.05) is 31.2 Å². The highest BCUT2D eigenvalue weighted by Crippen LogP contribution is 2.10. The Balaban J connectivity index is 1.78. The third-order valence-corrected chi connectivity index (χ3v) is 3.81. The van der Waals surface area contributed by atoms with Crippen molar-refractivity contribution in [1.82, 2.24) is 10.3 Å². The zero-order valence-corrected chi connectivity index (χ0v) is 13.1. The fraction of sp³-hybridized carbons (Fsp3) is 0.389. The van der Waals surface area contributed by atoms with Crippen molar-refractivity contribution in [3.8, 4) is 0 Å². The summed E-state index contributed by atoms with van der Waals surface area (Å²) in [6.45, 7) is 6.80. The summed E-state index contributed by atoms with van der Waals surface area (Å²) in [6.07, 6.45) is 2.38. The van der Waals surface area contributed by atoms with Crippen molar-refractivity contribution < 1.29 is 4.79 Å².